The molecule has 0 aliphatic carbocycles. The zero-order valence-corrected chi connectivity index (χ0v) is 19.2. The minimum atomic E-state index is -0.351. The number of rotatable bonds is 8. The number of aryl methyl sites for hydroxylation is 1. The largest absolute Gasteiger partial charge is 0.493 e. The Morgan fingerprint density at radius 2 is 1.58 bits per heavy atom. The molecule has 1 aromatic heterocycles. The standard InChI is InChI=1S/C26H27N3O4/c1-29-21-13-9-8-12-19(21)27-25(29)20(14-17-10-6-5-7-11-17)28-26(30)18-15-22(31-2)24(33-4)23(16-18)32-3/h5-13,15-16,20H,14H2,1-4H3,(H,28,30)/t20-/m1/s1. The van der Waals surface area contributed by atoms with E-state index in [4.69, 9.17) is 19.2 Å². The molecule has 1 heterocycles. The van der Waals surface area contributed by atoms with Gasteiger partial charge in [-0.15, -0.1) is 0 Å². The molecule has 0 aliphatic heterocycles. The van der Waals surface area contributed by atoms with Crippen molar-refractivity contribution in [2.24, 2.45) is 7.05 Å². The van der Waals surface area contributed by atoms with E-state index in [1.807, 2.05) is 66.2 Å². The smallest absolute Gasteiger partial charge is 0.252 e. The van der Waals surface area contributed by atoms with Gasteiger partial charge in [0.2, 0.25) is 5.75 Å². The fraction of sp³-hybridized carbons (Fsp3) is 0.231. The third kappa shape index (κ3) is 4.48. The van der Waals surface area contributed by atoms with E-state index in [0.717, 1.165) is 22.4 Å². The van der Waals surface area contributed by atoms with Gasteiger partial charge in [0.15, 0.2) is 11.5 Å². The molecule has 33 heavy (non-hydrogen) atoms. The van der Waals surface area contributed by atoms with Crippen molar-refractivity contribution in [3.05, 3.63) is 83.7 Å². The summed E-state index contributed by atoms with van der Waals surface area (Å²) in [5, 5.41) is 3.17. The van der Waals surface area contributed by atoms with Crippen molar-refractivity contribution < 1.29 is 19.0 Å². The first kappa shape index (κ1) is 22.2. The molecule has 0 saturated carbocycles. The molecule has 1 atom stereocenters. The van der Waals surface area contributed by atoms with Crippen LogP contribution in [0.4, 0.5) is 0 Å². The maximum atomic E-state index is 13.4. The third-order valence-corrected chi connectivity index (χ3v) is 5.65. The zero-order valence-electron chi connectivity index (χ0n) is 19.2. The van der Waals surface area contributed by atoms with Gasteiger partial charge < -0.3 is 24.1 Å². The lowest BCUT2D eigenvalue weighted by Gasteiger charge is -2.20. The molecule has 1 N–H and O–H groups in total. The van der Waals surface area contributed by atoms with Gasteiger partial charge >= 0.3 is 0 Å². The highest BCUT2D eigenvalue weighted by molar-refractivity contribution is 5.96. The summed E-state index contributed by atoms with van der Waals surface area (Å²) in [6.07, 6.45) is 0.591. The molecule has 0 fully saturated rings. The second kappa shape index (κ2) is 9.65. The highest BCUT2D eigenvalue weighted by Gasteiger charge is 2.24. The first-order valence-corrected chi connectivity index (χ1v) is 10.6. The topological polar surface area (TPSA) is 74.6 Å². The summed E-state index contributed by atoms with van der Waals surface area (Å²) in [5.74, 6) is 1.80. The quantitative estimate of drug-likeness (QED) is 0.437. The molecule has 4 aromatic rings. The van der Waals surface area contributed by atoms with Crippen LogP contribution in [0, 0.1) is 0 Å². The van der Waals surface area contributed by atoms with Gasteiger partial charge in [0.1, 0.15) is 5.82 Å². The number of carbonyl (C=O) groups excluding carboxylic acids is 1. The molecule has 0 radical (unpaired) electrons. The molecule has 0 saturated heterocycles. The van der Waals surface area contributed by atoms with E-state index >= 15 is 0 Å². The highest BCUT2D eigenvalue weighted by atomic mass is 16.5. The van der Waals surface area contributed by atoms with Crippen molar-refractivity contribution in [3.63, 3.8) is 0 Å². The Labute approximate surface area is 192 Å². The van der Waals surface area contributed by atoms with Gasteiger partial charge in [0.05, 0.1) is 38.4 Å². The normalized spacial score (nSPS) is 11.8. The Bertz CT molecular complexity index is 1240. The van der Waals surface area contributed by atoms with E-state index in [0.29, 0.717) is 29.2 Å². The van der Waals surface area contributed by atoms with Crippen LogP contribution in [0.2, 0.25) is 0 Å². The van der Waals surface area contributed by atoms with Crippen molar-refractivity contribution in [2.75, 3.05) is 21.3 Å². The van der Waals surface area contributed by atoms with Crippen molar-refractivity contribution in [2.45, 2.75) is 12.5 Å². The summed E-state index contributed by atoms with van der Waals surface area (Å²) in [5.41, 5.74) is 3.39. The fourth-order valence-corrected chi connectivity index (χ4v) is 3.99. The summed E-state index contributed by atoms with van der Waals surface area (Å²) in [6.45, 7) is 0. The molecule has 7 heteroatoms. The minimum absolute atomic E-state index is 0.262. The molecular formula is C26H27N3O4. The molecule has 7 nitrogen and oxygen atoms in total. The van der Waals surface area contributed by atoms with Gasteiger partial charge in [0.25, 0.3) is 5.91 Å². The fourth-order valence-electron chi connectivity index (χ4n) is 3.99. The van der Waals surface area contributed by atoms with E-state index in [2.05, 4.69) is 5.32 Å². The van der Waals surface area contributed by atoms with Crippen LogP contribution in [-0.4, -0.2) is 36.8 Å². The highest BCUT2D eigenvalue weighted by Crippen LogP contribution is 2.38. The Balaban J connectivity index is 1.72. The van der Waals surface area contributed by atoms with Crippen LogP contribution < -0.4 is 19.5 Å². The summed E-state index contributed by atoms with van der Waals surface area (Å²) in [4.78, 5) is 18.2. The number of carbonyl (C=O) groups is 1. The number of ether oxygens (including phenoxy) is 3. The van der Waals surface area contributed by atoms with E-state index in [1.165, 1.54) is 21.3 Å². The molecule has 1 amide bonds. The lowest BCUT2D eigenvalue weighted by atomic mass is 10.0. The Hall–Kier alpha value is -4.00. The van der Waals surface area contributed by atoms with E-state index in [9.17, 15) is 4.79 Å². The van der Waals surface area contributed by atoms with Crippen LogP contribution in [0.3, 0.4) is 0 Å². The molecule has 170 valence electrons. The number of imidazole rings is 1. The number of amides is 1. The number of methoxy groups -OCH3 is 3. The Morgan fingerprint density at radius 3 is 2.18 bits per heavy atom. The maximum Gasteiger partial charge on any atom is 0.252 e. The molecule has 4 rings (SSSR count). The third-order valence-electron chi connectivity index (χ3n) is 5.65. The molecular weight excluding hydrogens is 418 g/mol. The van der Waals surface area contributed by atoms with E-state index in [-0.39, 0.29) is 11.9 Å². The summed E-state index contributed by atoms with van der Waals surface area (Å²) in [7, 11) is 6.54. The first-order valence-electron chi connectivity index (χ1n) is 10.6. The number of fused-ring (bicyclic) bond motifs is 1. The van der Waals surface area contributed by atoms with Crippen LogP contribution in [0.5, 0.6) is 17.2 Å². The molecule has 3 aromatic carbocycles. The van der Waals surface area contributed by atoms with E-state index < -0.39 is 0 Å². The van der Waals surface area contributed by atoms with Crippen LogP contribution in [-0.2, 0) is 13.5 Å². The number of nitrogens with zero attached hydrogens (tertiary/aromatic N) is 2. The number of hydrogen-bond donors (Lipinski definition) is 1. The van der Waals surface area contributed by atoms with Crippen molar-refractivity contribution in [3.8, 4) is 17.2 Å². The average Bonchev–Trinajstić information content (AvgIpc) is 3.19. The minimum Gasteiger partial charge on any atom is -0.493 e. The zero-order chi connectivity index (χ0) is 23.4. The Morgan fingerprint density at radius 1 is 0.939 bits per heavy atom. The van der Waals surface area contributed by atoms with Gasteiger partial charge in [-0.3, -0.25) is 4.79 Å². The number of hydrogen-bond acceptors (Lipinski definition) is 5. The monoisotopic (exact) mass is 445 g/mol. The summed E-state index contributed by atoms with van der Waals surface area (Å²) >= 11 is 0. The molecule has 0 unspecified atom stereocenters. The molecule has 0 bridgehead atoms. The first-order chi connectivity index (χ1) is 16.0. The van der Waals surface area contributed by atoms with Crippen LogP contribution in [0.25, 0.3) is 11.0 Å². The maximum absolute atomic E-state index is 13.4. The van der Waals surface area contributed by atoms with Gasteiger partial charge in [-0.1, -0.05) is 42.5 Å². The van der Waals surface area contributed by atoms with Gasteiger partial charge in [-0.25, -0.2) is 4.98 Å². The lowest BCUT2D eigenvalue weighted by Crippen LogP contribution is -2.31. The van der Waals surface area contributed by atoms with Crippen LogP contribution in [0.15, 0.2) is 66.7 Å². The van der Waals surface area contributed by atoms with Crippen molar-refractivity contribution in [1.82, 2.24) is 14.9 Å². The van der Waals surface area contributed by atoms with E-state index in [1.54, 1.807) is 12.1 Å². The van der Waals surface area contributed by atoms with Crippen molar-refractivity contribution >= 4 is 16.9 Å². The van der Waals surface area contributed by atoms with Crippen molar-refractivity contribution in [1.29, 1.82) is 0 Å². The second-order valence-electron chi connectivity index (χ2n) is 7.65. The average molecular weight is 446 g/mol. The van der Waals surface area contributed by atoms with Gasteiger partial charge in [0, 0.05) is 12.6 Å². The number of benzene rings is 3. The summed E-state index contributed by atoms with van der Waals surface area (Å²) in [6, 6.07) is 20.9. The van der Waals surface area contributed by atoms with Gasteiger partial charge in [-0.05, 0) is 36.2 Å². The lowest BCUT2D eigenvalue weighted by molar-refractivity contribution is 0.0933. The predicted octanol–water partition coefficient (Wildman–Crippen LogP) is 4.31. The SMILES string of the molecule is COc1cc(C(=O)N[C@H](Cc2ccccc2)c2nc3ccccc3n2C)cc(OC)c1OC. The molecule has 0 aliphatic rings. The number of para-hydroxylation sites is 2. The number of nitrogens with one attached hydrogen (secondary N) is 1. The Kier molecular flexibility index (Phi) is 6.49. The van der Waals surface area contributed by atoms with Crippen LogP contribution in [0.1, 0.15) is 27.8 Å². The number of aromatic nitrogens is 2. The summed E-state index contributed by atoms with van der Waals surface area (Å²) < 4.78 is 18.2. The predicted molar refractivity (Wildman–Crippen MR) is 127 cm³/mol. The molecule has 0 spiro atoms. The van der Waals surface area contributed by atoms with Crippen LogP contribution >= 0.6 is 0 Å². The van der Waals surface area contributed by atoms with Gasteiger partial charge in [-0.2, -0.15) is 0 Å². The second-order valence-corrected chi connectivity index (χ2v) is 7.65.